The van der Waals surface area contributed by atoms with E-state index in [1.165, 1.54) is 6.92 Å². The van der Waals surface area contributed by atoms with Gasteiger partial charge in [-0.3, -0.25) is 28.8 Å². The molecule has 2 fully saturated rings. The number of Topliss-reactive ketones (excluding diaryl/α,β-unsaturated/α-hetero) is 2. The fraction of sp³-hybridized carbons (Fsp3) is 0.529. The van der Waals surface area contributed by atoms with Crippen LogP contribution in [0.4, 0.5) is 0 Å². The fourth-order valence-electron chi connectivity index (χ4n) is 8.70. The second-order valence-electron chi connectivity index (χ2n) is 17.8. The minimum absolute atomic E-state index is 0.0403. The SMILES string of the molecule is CC(=O)C(CC(C)C)NC(=O)C(O)C(N)Cc1ccccc1.CCC(=O)C(NC(=O)C1CCCN1C(=O)C(NC(=O)C(C)NC)C1CCCCC1)C(c1ccccc1)c1ccccc1. The second kappa shape index (κ2) is 25.9. The van der Waals surface area contributed by atoms with Crippen LogP contribution >= 0.6 is 0 Å². The summed E-state index contributed by atoms with van der Waals surface area (Å²) in [6.07, 6.45) is 6.00. The summed E-state index contributed by atoms with van der Waals surface area (Å²) < 4.78 is 0. The van der Waals surface area contributed by atoms with Crippen molar-refractivity contribution in [3.8, 4) is 0 Å². The van der Waals surface area contributed by atoms with Gasteiger partial charge >= 0.3 is 0 Å². The lowest BCUT2D eigenvalue weighted by molar-refractivity contribution is -0.143. The van der Waals surface area contributed by atoms with E-state index in [0.717, 1.165) is 48.8 Å². The summed E-state index contributed by atoms with van der Waals surface area (Å²) in [6, 6.07) is 25.1. The Balaban J connectivity index is 0.000000344. The number of carbonyl (C=O) groups excluding carboxylic acids is 6. The lowest BCUT2D eigenvalue weighted by Gasteiger charge is -2.36. The summed E-state index contributed by atoms with van der Waals surface area (Å²) >= 11 is 0. The molecule has 348 valence electrons. The normalized spacial score (nSPS) is 18.1. The van der Waals surface area contributed by atoms with E-state index in [0.29, 0.717) is 32.2 Å². The van der Waals surface area contributed by atoms with Crippen molar-refractivity contribution < 1.29 is 33.9 Å². The molecule has 0 aromatic heterocycles. The summed E-state index contributed by atoms with van der Waals surface area (Å²) in [4.78, 5) is 79.7. The molecule has 7 unspecified atom stereocenters. The molecule has 2 aliphatic rings. The maximum Gasteiger partial charge on any atom is 0.251 e. The molecule has 0 radical (unpaired) electrons. The first kappa shape index (κ1) is 51.4. The molecular weight excluding hydrogens is 809 g/mol. The summed E-state index contributed by atoms with van der Waals surface area (Å²) in [5, 5.41) is 21.7. The number of nitrogens with one attached hydrogen (secondary N) is 4. The molecule has 7 N–H and O–H groups in total. The maximum atomic E-state index is 14.1. The van der Waals surface area contributed by atoms with Gasteiger partial charge in [-0.05, 0) is 87.9 Å². The van der Waals surface area contributed by atoms with Crippen LogP contribution in [0.3, 0.4) is 0 Å². The van der Waals surface area contributed by atoms with E-state index >= 15 is 0 Å². The predicted octanol–water partition coefficient (Wildman–Crippen LogP) is 4.98. The van der Waals surface area contributed by atoms with E-state index in [1.807, 2.05) is 112 Å². The highest BCUT2D eigenvalue weighted by Gasteiger charge is 2.42. The Hall–Kier alpha value is -5.24. The molecule has 1 aliphatic carbocycles. The number of rotatable bonds is 20. The van der Waals surface area contributed by atoms with Crippen LogP contribution in [-0.4, -0.2) is 101 Å². The molecule has 3 aromatic carbocycles. The number of nitrogens with two attached hydrogens (primary N) is 1. The Labute approximate surface area is 380 Å². The Morgan fingerprint density at radius 2 is 1.31 bits per heavy atom. The van der Waals surface area contributed by atoms with Gasteiger partial charge in [-0.1, -0.05) is 131 Å². The van der Waals surface area contributed by atoms with Crippen LogP contribution < -0.4 is 27.0 Å². The highest BCUT2D eigenvalue weighted by atomic mass is 16.3. The molecule has 0 spiro atoms. The Morgan fingerprint density at radius 3 is 1.83 bits per heavy atom. The molecular formula is C51H72N6O7. The van der Waals surface area contributed by atoms with E-state index in [-0.39, 0.29) is 53.5 Å². The number of likely N-dealkylation sites (tertiary alicyclic amines) is 1. The van der Waals surface area contributed by atoms with Gasteiger partial charge in [-0.15, -0.1) is 0 Å². The third-order valence-electron chi connectivity index (χ3n) is 12.5. The number of amides is 4. The minimum atomic E-state index is -1.34. The van der Waals surface area contributed by atoms with Gasteiger partial charge in [-0.2, -0.15) is 0 Å². The van der Waals surface area contributed by atoms with E-state index in [1.54, 1.807) is 18.9 Å². The van der Waals surface area contributed by atoms with Crippen molar-refractivity contribution in [2.45, 2.75) is 147 Å². The number of benzene rings is 3. The van der Waals surface area contributed by atoms with Crippen molar-refractivity contribution >= 4 is 35.2 Å². The van der Waals surface area contributed by atoms with E-state index in [9.17, 15) is 33.9 Å². The minimum Gasteiger partial charge on any atom is -0.382 e. The monoisotopic (exact) mass is 881 g/mol. The zero-order chi connectivity index (χ0) is 46.8. The van der Waals surface area contributed by atoms with Crippen LogP contribution in [-0.2, 0) is 35.2 Å². The van der Waals surface area contributed by atoms with Crippen molar-refractivity contribution in [1.29, 1.82) is 0 Å². The summed E-state index contributed by atoms with van der Waals surface area (Å²) in [6.45, 7) is 9.40. The molecule has 7 atom stereocenters. The van der Waals surface area contributed by atoms with Gasteiger partial charge in [0.05, 0.1) is 18.1 Å². The van der Waals surface area contributed by atoms with E-state index in [4.69, 9.17) is 5.73 Å². The number of ketones is 2. The molecule has 13 nitrogen and oxygen atoms in total. The number of hydrogen-bond donors (Lipinski definition) is 6. The zero-order valence-corrected chi connectivity index (χ0v) is 38.6. The van der Waals surface area contributed by atoms with Gasteiger partial charge < -0.3 is 37.0 Å². The van der Waals surface area contributed by atoms with E-state index < -0.39 is 48.3 Å². The number of likely N-dealkylation sites (N-methyl/N-ethyl adjacent to an activating group) is 1. The van der Waals surface area contributed by atoms with Crippen LogP contribution in [0.15, 0.2) is 91.0 Å². The number of aliphatic hydroxyl groups excluding tert-OH is 1. The van der Waals surface area contributed by atoms with Crippen LogP contribution in [0.25, 0.3) is 0 Å². The molecule has 1 heterocycles. The molecule has 4 amide bonds. The molecule has 13 heteroatoms. The van der Waals surface area contributed by atoms with Crippen molar-refractivity contribution in [3.05, 3.63) is 108 Å². The van der Waals surface area contributed by atoms with Gasteiger partial charge in [0.1, 0.15) is 18.2 Å². The lowest BCUT2D eigenvalue weighted by atomic mass is 9.82. The fourth-order valence-corrected chi connectivity index (χ4v) is 8.70. The largest absolute Gasteiger partial charge is 0.382 e. The van der Waals surface area contributed by atoms with Crippen LogP contribution in [0.5, 0.6) is 0 Å². The molecule has 1 aliphatic heterocycles. The number of carbonyl (C=O) groups is 6. The Morgan fingerprint density at radius 1 is 0.750 bits per heavy atom. The molecule has 0 bridgehead atoms. The summed E-state index contributed by atoms with van der Waals surface area (Å²) in [5.41, 5.74) is 8.74. The number of nitrogens with zero attached hydrogens (tertiary/aromatic N) is 1. The van der Waals surface area contributed by atoms with Crippen LogP contribution in [0.2, 0.25) is 0 Å². The average Bonchev–Trinajstić information content (AvgIpc) is 3.81. The highest BCUT2D eigenvalue weighted by Crippen LogP contribution is 2.32. The van der Waals surface area contributed by atoms with Gasteiger partial charge in [0.2, 0.25) is 17.7 Å². The summed E-state index contributed by atoms with van der Waals surface area (Å²) in [5.74, 6) is -1.57. The smallest absolute Gasteiger partial charge is 0.251 e. The first-order valence-electron chi connectivity index (χ1n) is 23.2. The number of aliphatic hydroxyl groups is 1. The first-order chi connectivity index (χ1) is 30.7. The van der Waals surface area contributed by atoms with Crippen molar-refractivity contribution in [2.75, 3.05) is 13.6 Å². The van der Waals surface area contributed by atoms with E-state index in [2.05, 4.69) is 21.3 Å². The average molecular weight is 881 g/mol. The standard InChI is InChI=1S/C34H46N4O4.C17H26N2O3/c1-4-28(39)31(29(24-15-8-5-9-16-24)25-17-10-6-11-18-25)37-33(41)27-21-14-22-38(27)34(42)30(26-19-12-7-13-20-26)36-32(40)23(2)35-3;1-11(2)9-15(12(3)20)19-17(22)16(21)14(18)10-13-7-5-4-6-8-13/h5-6,8-11,15-18,23,26-27,29-31,35H,4,7,12-14,19-22H2,1-3H3,(H,36,40)(H,37,41);4-8,11,14-16,21H,9-10,18H2,1-3H3,(H,19,22). The zero-order valence-electron chi connectivity index (χ0n) is 38.6. The van der Waals surface area contributed by atoms with Gasteiger partial charge in [0, 0.05) is 24.9 Å². The Bertz CT molecular complexity index is 1900. The molecule has 3 aromatic rings. The quantitative estimate of drug-likeness (QED) is 0.0906. The van der Waals surface area contributed by atoms with Gasteiger partial charge in [0.15, 0.2) is 11.6 Å². The summed E-state index contributed by atoms with van der Waals surface area (Å²) in [7, 11) is 1.72. The molecule has 64 heavy (non-hydrogen) atoms. The van der Waals surface area contributed by atoms with Gasteiger partial charge in [0.25, 0.3) is 5.91 Å². The second-order valence-corrected chi connectivity index (χ2v) is 17.8. The van der Waals surface area contributed by atoms with Crippen LogP contribution in [0.1, 0.15) is 115 Å². The topological polar surface area (TPSA) is 200 Å². The van der Waals surface area contributed by atoms with Crippen LogP contribution in [0, 0.1) is 11.8 Å². The maximum absolute atomic E-state index is 14.1. The molecule has 5 rings (SSSR count). The highest BCUT2D eigenvalue weighted by molar-refractivity contribution is 5.96. The Kier molecular flexibility index (Phi) is 20.8. The first-order valence-corrected chi connectivity index (χ1v) is 23.2. The lowest BCUT2D eigenvalue weighted by Crippen LogP contribution is -2.59. The van der Waals surface area contributed by atoms with Crippen molar-refractivity contribution in [3.63, 3.8) is 0 Å². The molecule has 1 saturated heterocycles. The third-order valence-corrected chi connectivity index (χ3v) is 12.5. The third kappa shape index (κ3) is 14.9. The van der Waals surface area contributed by atoms with Gasteiger partial charge in [-0.25, -0.2) is 0 Å². The van der Waals surface area contributed by atoms with Crippen molar-refractivity contribution in [2.24, 2.45) is 17.6 Å². The number of hydrogen-bond acceptors (Lipinski definition) is 9. The predicted molar refractivity (Wildman–Crippen MR) is 250 cm³/mol. The van der Waals surface area contributed by atoms with Crippen molar-refractivity contribution in [1.82, 2.24) is 26.2 Å². The molecule has 1 saturated carbocycles.